The molecule has 0 heterocycles. The molecule has 0 saturated heterocycles. The minimum absolute atomic E-state index is 0.400. The average Bonchev–Trinajstić information content (AvgIpc) is 2.18. The van der Waals surface area contributed by atoms with Crippen molar-refractivity contribution in [1.82, 2.24) is 0 Å². The van der Waals surface area contributed by atoms with Crippen molar-refractivity contribution in [1.29, 1.82) is 10.5 Å². The summed E-state index contributed by atoms with van der Waals surface area (Å²) >= 11 is 5.81. The van der Waals surface area contributed by atoms with E-state index >= 15 is 0 Å². The summed E-state index contributed by atoms with van der Waals surface area (Å²) in [6.45, 7) is 0.519. The van der Waals surface area contributed by atoms with Crippen LogP contribution in [0.1, 0.15) is 12.0 Å². The molecule has 0 spiro atoms. The first kappa shape index (κ1) is 10.4. The van der Waals surface area contributed by atoms with E-state index in [0.717, 1.165) is 0 Å². The molecule has 14 heavy (non-hydrogen) atoms. The molecule has 4 heteroatoms. The molecular formula is C10H8ClN3. The number of anilines is 1. The van der Waals surface area contributed by atoms with Crippen LogP contribution in [0.15, 0.2) is 18.2 Å². The highest BCUT2D eigenvalue weighted by atomic mass is 35.5. The summed E-state index contributed by atoms with van der Waals surface area (Å²) in [5.74, 6) is 0. The molecule has 0 atom stereocenters. The van der Waals surface area contributed by atoms with Gasteiger partial charge in [0.1, 0.15) is 6.07 Å². The van der Waals surface area contributed by atoms with Crippen molar-refractivity contribution < 1.29 is 0 Å². The predicted octanol–water partition coefficient (Wildman–Crippen LogP) is 2.54. The minimum atomic E-state index is 0.400. The van der Waals surface area contributed by atoms with Crippen LogP contribution in [0.25, 0.3) is 0 Å². The Morgan fingerprint density at radius 2 is 2.14 bits per heavy atom. The topological polar surface area (TPSA) is 59.6 Å². The van der Waals surface area contributed by atoms with E-state index in [2.05, 4.69) is 5.32 Å². The monoisotopic (exact) mass is 205 g/mol. The number of nitriles is 2. The highest BCUT2D eigenvalue weighted by molar-refractivity contribution is 6.32. The molecule has 0 aromatic heterocycles. The molecule has 1 aromatic carbocycles. The van der Waals surface area contributed by atoms with Crippen molar-refractivity contribution >= 4 is 17.3 Å². The Balaban J connectivity index is 2.83. The Labute approximate surface area is 87.5 Å². The third kappa shape index (κ3) is 2.39. The van der Waals surface area contributed by atoms with E-state index in [1.807, 2.05) is 12.1 Å². The number of halogens is 1. The van der Waals surface area contributed by atoms with Gasteiger partial charge in [0.25, 0.3) is 0 Å². The lowest BCUT2D eigenvalue weighted by Gasteiger charge is -2.06. The van der Waals surface area contributed by atoms with Crippen molar-refractivity contribution in [3.8, 4) is 12.1 Å². The van der Waals surface area contributed by atoms with Gasteiger partial charge < -0.3 is 5.32 Å². The van der Waals surface area contributed by atoms with Gasteiger partial charge in [-0.15, -0.1) is 0 Å². The average molecular weight is 206 g/mol. The van der Waals surface area contributed by atoms with Crippen LogP contribution in [0.2, 0.25) is 5.02 Å². The van der Waals surface area contributed by atoms with Crippen molar-refractivity contribution in [3.05, 3.63) is 28.8 Å². The molecule has 1 aromatic rings. The SMILES string of the molecule is N#CCCNc1cccc(Cl)c1C#N. The molecule has 70 valence electrons. The van der Waals surface area contributed by atoms with Crippen LogP contribution in [0, 0.1) is 22.7 Å². The zero-order chi connectivity index (χ0) is 10.4. The standard InChI is InChI=1S/C10H8ClN3/c11-9-3-1-4-10(8(9)7-13)14-6-2-5-12/h1,3-4,14H,2,6H2. The van der Waals surface area contributed by atoms with E-state index in [9.17, 15) is 0 Å². The second-order valence-electron chi connectivity index (χ2n) is 2.61. The second kappa shape index (κ2) is 5.11. The zero-order valence-corrected chi connectivity index (χ0v) is 8.17. The van der Waals surface area contributed by atoms with Crippen molar-refractivity contribution in [2.45, 2.75) is 6.42 Å². The quantitative estimate of drug-likeness (QED) is 0.772. The smallest absolute Gasteiger partial charge is 0.103 e. The van der Waals surface area contributed by atoms with Crippen LogP contribution in [-0.2, 0) is 0 Å². The number of nitrogens with zero attached hydrogens (tertiary/aromatic N) is 2. The predicted molar refractivity (Wildman–Crippen MR) is 54.9 cm³/mol. The van der Waals surface area contributed by atoms with E-state index in [1.165, 1.54) is 0 Å². The summed E-state index contributed by atoms with van der Waals surface area (Å²) in [6, 6.07) is 9.21. The van der Waals surface area contributed by atoms with Gasteiger partial charge in [-0.05, 0) is 12.1 Å². The number of nitrogens with one attached hydrogen (secondary N) is 1. The van der Waals surface area contributed by atoms with Gasteiger partial charge in [0.05, 0.1) is 28.8 Å². The van der Waals surface area contributed by atoms with E-state index in [0.29, 0.717) is 29.2 Å². The van der Waals surface area contributed by atoms with Gasteiger partial charge in [0.15, 0.2) is 0 Å². The number of hydrogen-bond acceptors (Lipinski definition) is 3. The molecule has 1 N–H and O–H groups in total. The fraction of sp³-hybridized carbons (Fsp3) is 0.200. The molecular weight excluding hydrogens is 198 g/mol. The third-order valence-electron chi connectivity index (χ3n) is 1.68. The number of rotatable bonds is 3. The van der Waals surface area contributed by atoms with E-state index in [1.54, 1.807) is 18.2 Å². The van der Waals surface area contributed by atoms with Gasteiger partial charge in [0.2, 0.25) is 0 Å². The summed E-state index contributed by atoms with van der Waals surface area (Å²) in [6.07, 6.45) is 0.400. The maximum atomic E-state index is 8.82. The van der Waals surface area contributed by atoms with E-state index in [-0.39, 0.29) is 0 Å². The molecule has 0 aliphatic carbocycles. The van der Waals surface area contributed by atoms with Crippen LogP contribution in [-0.4, -0.2) is 6.54 Å². The fourth-order valence-corrected chi connectivity index (χ4v) is 1.25. The Kier molecular flexibility index (Phi) is 3.79. The van der Waals surface area contributed by atoms with Gasteiger partial charge in [-0.1, -0.05) is 17.7 Å². The molecule has 0 amide bonds. The van der Waals surface area contributed by atoms with Gasteiger partial charge in [0, 0.05) is 6.54 Å². The molecule has 1 rings (SSSR count). The van der Waals surface area contributed by atoms with Gasteiger partial charge in [-0.3, -0.25) is 0 Å². The highest BCUT2D eigenvalue weighted by Gasteiger charge is 2.04. The first-order valence-corrected chi connectivity index (χ1v) is 4.47. The molecule has 0 aliphatic rings. The Hall–Kier alpha value is -1.71. The van der Waals surface area contributed by atoms with Crippen LogP contribution >= 0.6 is 11.6 Å². The second-order valence-corrected chi connectivity index (χ2v) is 3.02. The molecule has 0 bridgehead atoms. The van der Waals surface area contributed by atoms with Gasteiger partial charge in [-0.2, -0.15) is 10.5 Å². The third-order valence-corrected chi connectivity index (χ3v) is 1.99. The number of benzene rings is 1. The Morgan fingerprint density at radius 1 is 1.36 bits per heavy atom. The van der Waals surface area contributed by atoms with Crippen LogP contribution < -0.4 is 5.32 Å². The molecule has 0 unspecified atom stereocenters. The van der Waals surface area contributed by atoms with Crippen molar-refractivity contribution in [2.75, 3.05) is 11.9 Å². The number of hydrogen-bond donors (Lipinski definition) is 1. The van der Waals surface area contributed by atoms with Crippen LogP contribution in [0.4, 0.5) is 5.69 Å². The summed E-state index contributed by atoms with van der Waals surface area (Å²) in [5, 5.41) is 20.6. The summed E-state index contributed by atoms with van der Waals surface area (Å²) in [5.41, 5.74) is 1.10. The highest BCUT2D eigenvalue weighted by Crippen LogP contribution is 2.22. The summed E-state index contributed by atoms with van der Waals surface area (Å²) in [4.78, 5) is 0. The van der Waals surface area contributed by atoms with Crippen molar-refractivity contribution in [2.24, 2.45) is 0 Å². The minimum Gasteiger partial charge on any atom is -0.383 e. The normalized spacial score (nSPS) is 8.79. The fourth-order valence-electron chi connectivity index (χ4n) is 1.04. The van der Waals surface area contributed by atoms with Gasteiger partial charge in [-0.25, -0.2) is 0 Å². The lowest BCUT2D eigenvalue weighted by Crippen LogP contribution is -2.02. The summed E-state index contributed by atoms with van der Waals surface area (Å²) < 4.78 is 0. The Bertz CT molecular complexity index is 401. The first-order valence-electron chi connectivity index (χ1n) is 4.09. The molecule has 0 fully saturated rings. The maximum Gasteiger partial charge on any atom is 0.103 e. The van der Waals surface area contributed by atoms with Crippen LogP contribution in [0.5, 0.6) is 0 Å². The summed E-state index contributed by atoms with van der Waals surface area (Å²) in [7, 11) is 0. The van der Waals surface area contributed by atoms with E-state index < -0.39 is 0 Å². The lowest BCUT2D eigenvalue weighted by atomic mass is 10.2. The van der Waals surface area contributed by atoms with Crippen LogP contribution in [0.3, 0.4) is 0 Å². The van der Waals surface area contributed by atoms with Crippen molar-refractivity contribution in [3.63, 3.8) is 0 Å². The first-order chi connectivity index (χ1) is 6.79. The molecule has 0 saturated carbocycles. The van der Waals surface area contributed by atoms with Gasteiger partial charge >= 0.3 is 0 Å². The van der Waals surface area contributed by atoms with E-state index in [4.69, 9.17) is 22.1 Å². The largest absolute Gasteiger partial charge is 0.383 e. The maximum absolute atomic E-state index is 8.82. The zero-order valence-electron chi connectivity index (χ0n) is 7.42. The molecule has 3 nitrogen and oxygen atoms in total. The molecule has 0 aliphatic heterocycles. The Morgan fingerprint density at radius 3 is 2.79 bits per heavy atom. The molecule has 0 radical (unpaired) electrons. The lowest BCUT2D eigenvalue weighted by molar-refractivity contribution is 1.07.